The van der Waals surface area contributed by atoms with Crippen molar-refractivity contribution in [1.29, 1.82) is 0 Å². The number of ether oxygens (including phenoxy) is 5. The van der Waals surface area contributed by atoms with Crippen LogP contribution in [0.4, 0.5) is 0 Å². The topological polar surface area (TPSA) is 149 Å². The first-order chi connectivity index (χ1) is 27.0. The van der Waals surface area contributed by atoms with E-state index in [1.165, 1.54) is 0 Å². The molecule has 2 heterocycles. The predicted octanol–water partition coefficient (Wildman–Crippen LogP) is 5.66. The molecule has 3 N–H and O–H groups in total. The number of fused-ring (bicyclic) bond motifs is 2. The van der Waals surface area contributed by atoms with E-state index >= 15 is 0 Å². The summed E-state index contributed by atoms with van der Waals surface area (Å²) in [6, 6.07) is 5.32. The maximum Gasteiger partial charge on any atom is 0.239 e. The van der Waals surface area contributed by atoms with Gasteiger partial charge in [-0.2, -0.15) is 0 Å². The second-order valence-electron chi connectivity index (χ2n) is 15.4. The molecule has 1 saturated heterocycles. The highest BCUT2D eigenvalue weighted by molar-refractivity contribution is 6.03. The van der Waals surface area contributed by atoms with Gasteiger partial charge in [0.15, 0.2) is 0 Å². The number of hydrogen-bond acceptors (Lipinski definition) is 11. The molecule has 2 saturated carbocycles. The molecule has 6 rings (SSSR count). The molecule has 5 aliphatic rings. The van der Waals surface area contributed by atoms with E-state index in [-0.39, 0.29) is 75.8 Å². The van der Waals surface area contributed by atoms with E-state index in [9.17, 15) is 20.1 Å². The fourth-order valence-corrected chi connectivity index (χ4v) is 9.12. The number of hydrogen-bond donors (Lipinski definition) is 3. The predicted molar refractivity (Wildman–Crippen MR) is 208 cm³/mol. The molecule has 304 valence electrons. The van der Waals surface area contributed by atoms with Crippen molar-refractivity contribution in [3.8, 4) is 11.5 Å². The summed E-state index contributed by atoms with van der Waals surface area (Å²) in [5.41, 5.74) is 2.72. The Morgan fingerprint density at radius 1 is 0.982 bits per heavy atom. The van der Waals surface area contributed by atoms with Crippen molar-refractivity contribution in [1.82, 2.24) is 4.90 Å². The second-order valence-corrected chi connectivity index (χ2v) is 15.4. The molecule has 1 aromatic carbocycles. The van der Waals surface area contributed by atoms with Crippen LogP contribution in [0.1, 0.15) is 88.5 Å². The van der Waals surface area contributed by atoms with Crippen LogP contribution in [-0.2, 0) is 23.8 Å². The molecule has 1 aromatic rings. The number of aliphatic hydroxyl groups is 3. The molecule has 0 bridgehead atoms. The lowest BCUT2D eigenvalue weighted by molar-refractivity contribution is -0.258. The summed E-state index contributed by atoms with van der Waals surface area (Å²) in [4.78, 5) is 22.6. The Kier molecular flexibility index (Phi) is 15.2. The molecule has 3 aliphatic carbocycles. The smallest absolute Gasteiger partial charge is 0.239 e. The van der Waals surface area contributed by atoms with Crippen LogP contribution in [0.2, 0.25) is 0 Å². The Bertz CT molecular complexity index is 1490. The van der Waals surface area contributed by atoms with E-state index in [1.807, 2.05) is 17.0 Å². The molecule has 3 fully saturated rings. The summed E-state index contributed by atoms with van der Waals surface area (Å²) in [6.07, 6.45) is 14.8. The number of nitrogens with zero attached hydrogens (tertiary/aromatic N) is 2. The zero-order valence-corrected chi connectivity index (χ0v) is 32.4. The van der Waals surface area contributed by atoms with Gasteiger partial charge in [0.05, 0.1) is 44.7 Å². The van der Waals surface area contributed by atoms with E-state index in [4.69, 9.17) is 33.7 Å². The van der Waals surface area contributed by atoms with Crippen LogP contribution >= 0.6 is 0 Å². The Morgan fingerprint density at radius 3 is 2.49 bits per heavy atom. The summed E-state index contributed by atoms with van der Waals surface area (Å²) >= 11 is 0. The van der Waals surface area contributed by atoms with Crippen LogP contribution < -0.4 is 9.47 Å². The van der Waals surface area contributed by atoms with Crippen molar-refractivity contribution in [2.45, 2.75) is 101 Å². The highest BCUT2D eigenvalue weighted by atomic mass is 16.8. The van der Waals surface area contributed by atoms with Crippen LogP contribution in [0.5, 0.6) is 11.5 Å². The molecule has 0 radical (unpaired) electrons. The van der Waals surface area contributed by atoms with Gasteiger partial charge >= 0.3 is 0 Å². The van der Waals surface area contributed by atoms with Crippen LogP contribution in [0.15, 0.2) is 60.3 Å². The highest BCUT2D eigenvalue weighted by Gasteiger charge is 2.66. The number of amides is 1. The third-order valence-corrected chi connectivity index (χ3v) is 11.7. The van der Waals surface area contributed by atoms with Crippen molar-refractivity contribution in [2.24, 2.45) is 28.8 Å². The van der Waals surface area contributed by atoms with E-state index in [0.29, 0.717) is 44.0 Å². The van der Waals surface area contributed by atoms with Gasteiger partial charge < -0.3 is 48.7 Å². The van der Waals surface area contributed by atoms with Gasteiger partial charge in [-0.05, 0) is 87.0 Å². The molecule has 55 heavy (non-hydrogen) atoms. The van der Waals surface area contributed by atoms with Gasteiger partial charge in [0, 0.05) is 50.0 Å². The Hall–Kier alpha value is -3.26. The lowest BCUT2D eigenvalue weighted by Gasteiger charge is -2.60. The maximum atomic E-state index is 14.5. The third-order valence-electron chi connectivity index (χ3n) is 11.7. The molecule has 0 aromatic heterocycles. The second kappa shape index (κ2) is 20.2. The molecule has 12 heteroatoms. The van der Waals surface area contributed by atoms with Crippen molar-refractivity contribution in [3.05, 3.63) is 60.7 Å². The Labute approximate surface area is 326 Å². The first kappa shape index (κ1) is 41.4. The Morgan fingerprint density at radius 2 is 1.78 bits per heavy atom. The normalized spacial score (nSPS) is 29.0. The zero-order valence-electron chi connectivity index (χ0n) is 32.4. The standard InChI is InChI=1S/C43H62N2O10/c1-3-22-51-32-16-17-37-35(28-32)40-33(12-6-9-20-47)31(11-5-8-19-46)27-34-36(44-55-39-13-7-10-24-52-39)29-38(43(54-37,41(34)40)53-23-4-2)45(18-25-50-26-21-48)42(49)30-14-15-30/h3-4,16-17,27-28,30-31,33,38-41,46-48H,1-2,5-15,18-26,29H2. The third kappa shape index (κ3) is 9.65. The quantitative estimate of drug-likeness (QED) is 0.0724. The average Bonchev–Trinajstić information content (AvgIpc) is 4.06. The number of carbonyl (C=O) groups is 1. The number of carbonyl (C=O) groups excluding carboxylic acids is 1. The fraction of sp³-hybridized carbons (Fsp3) is 0.674. The number of oxime groups is 1. The van der Waals surface area contributed by atoms with Gasteiger partial charge in [-0.1, -0.05) is 42.8 Å². The number of rotatable bonds is 23. The van der Waals surface area contributed by atoms with Crippen LogP contribution in [-0.4, -0.2) is 109 Å². The lowest BCUT2D eigenvalue weighted by Crippen LogP contribution is -2.70. The van der Waals surface area contributed by atoms with Crippen LogP contribution in [0.25, 0.3) is 0 Å². The summed E-state index contributed by atoms with van der Waals surface area (Å²) in [6.45, 7) is 9.82. The van der Waals surface area contributed by atoms with E-state index < -0.39 is 24.0 Å². The molecular formula is C43H62N2O10. The monoisotopic (exact) mass is 766 g/mol. The van der Waals surface area contributed by atoms with E-state index in [2.05, 4.69) is 25.3 Å². The molecule has 0 spiro atoms. The molecule has 12 nitrogen and oxygen atoms in total. The maximum absolute atomic E-state index is 14.5. The molecule has 7 unspecified atom stereocenters. The summed E-state index contributed by atoms with van der Waals surface area (Å²) in [7, 11) is 0. The number of unbranched alkanes of at least 4 members (excludes halogenated alkanes) is 2. The summed E-state index contributed by atoms with van der Waals surface area (Å²) < 4.78 is 32.2. The van der Waals surface area contributed by atoms with Gasteiger partial charge in [-0.15, -0.1) is 6.58 Å². The van der Waals surface area contributed by atoms with Gasteiger partial charge in [-0.25, -0.2) is 0 Å². The minimum atomic E-state index is -1.34. The largest absolute Gasteiger partial charge is 0.490 e. The van der Waals surface area contributed by atoms with Crippen LogP contribution in [0, 0.1) is 23.7 Å². The molecular weight excluding hydrogens is 704 g/mol. The zero-order chi connectivity index (χ0) is 38.6. The minimum absolute atomic E-state index is 0.0267. The highest BCUT2D eigenvalue weighted by Crippen LogP contribution is 2.62. The Balaban J connectivity index is 1.56. The van der Waals surface area contributed by atoms with Crippen molar-refractivity contribution < 1.29 is 48.6 Å². The van der Waals surface area contributed by atoms with Crippen LogP contribution in [0.3, 0.4) is 0 Å². The van der Waals surface area contributed by atoms with Crippen molar-refractivity contribution in [2.75, 3.05) is 59.4 Å². The summed E-state index contributed by atoms with van der Waals surface area (Å²) in [5.74, 6) is -0.376. The minimum Gasteiger partial charge on any atom is -0.490 e. The number of benzene rings is 1. The summed E-state index contributed by atoms with van der Waals surface area (Å²) in [5, 5.41) is 34.1. The first-order valence-corrected chi connectivity index (χ1v) is 20.6. The van der Waals surface area contributed by atoms with E-state index in [0.717, 1.165) is 74.6 Å². The van der Waals surface area contributed by atoms with Gasteiger partial charge in [0.1, 0.15) is 24.1 Å². The fourth-order valence-electron chi connectivity index (χ4n) is 9.12. The van der Waals surface area contributed by atoms with Crippen molar-refractivity contribution in [3.63, 3.8) is 0 Å². The van der Waals surface area contributed by atoms with Crippen molar-refractivity contribution >= 4 is 11.6 Å². The molecule has 1 amide bonds. The van der Waals surface area contributed by atoms with Gasteiger partial charge in [0.25, 0.3) is 0 Å². The first-order valence-electron chi connectivity index (χ1n) is 20.6. The number of aliphatic hydroxyl groups excluding tert-OH is 3. The lowest BCUT2D eigenvalue weighted by atomic mass is 9.55. The number of allylic oxidation sites excluding steroid dienone is 1. The molecule has 7 atom stereocenters. The average molecular weight is 767 g/mol. The SMILES string of the molecule is C=CCOc1ccc2c(c1)C1C(CCCCO)C(CCCCO)C=C3C(=NOC4CCCCO4)CC(N(CCOCCO)C(=O)C4CC4)C(OCC=C)(O2)C31. The van der Waals surface area contributed by atoms with Gasteiger partial charge in [0.2, 0.25) is 18.0 Å². The molecule has 2 aliphatic heterocycles. The van der Waals surface area contributed by atoms with Gasteiger partial charge in [-0.3, -0.25) is 4.79 Å². The van der Waals surface area contributed by atoms with E-state index in [1.54, 1.807) is 12.2 Å².